The summed E-state index contributed by atoms with van der Waals surface area (Å²) in [6.45, 7) is 7.48. The number of rotatable bonds is 2. The van der Waals surface area contributed by atoms with E-state index in [1.54, 1.807) is 13.8 Å². The van der Waals surface area contributed by atoms with Crippen molar-refractivity contribution in [3.05, 3.63) is 62.8 Å². The highest BCUT2D eigenvalue weighted by Gasteiger charge is 2.17. The van der Waals surface area contributed by atoms with Crippen LogP contribution in [-0.2, 0) is 0 Å². The smallest absolute Gasteiger partial charge is 0.282 e. The van der Waals surface area contributed by atoms with Crippen molar-refractivity contribution in [3.63, 3.8) is 0 Å². The number of pyridine rings is 1. The largest absolute Gasteiger partial charge is 0.290 e. The summed E-state index contributed by atoms with van der Waals surface area (Å²) in [5.41, 5.74) is 5.93. The van der Waals surface area contributed by atoms with Crippen LogP contribution < -0.4 is 16.8 Å². The van der Waals surface area contributed by atoms with Gasteiger partial charge < -0.3 is 0 Å². The third kappa shape index (κ3) is 2.78. The van der Waals surface area contributed by atoms with E-state index in [2.05, 4.69) is 21.5 Å². The summed E-state index contributed by atoms with van der Waals surface area (Å²) in [7, 11) is 0. The van der Waals surface area contributed by atoms with Gasteiger partial charge in [0.1, 0.15) is 5.82 Å². The number of hydrazine groups is 1. The number of benzene rings is 1. The maximum absolute atomic E-state index is 12.4. The highest BCUT2D eigenvalue weighted by atomic mass is 16.2. The van der Waals surface area contributed by atoms with Gasteiger partial charge in [0.15, 0.2) is 5.65 Å². The molecule has 0 spiro atoms. The van der Waals surface area contributed by atoms with Crippen molar-refractivity contribution in [1.82, 2.24) is 20.0 Å². The summed E-state index contributed by atoms with van der Waals surface area (Å²) in [5, 5.41) is 0.273. The summed E-state index contributed by atoms with van der Waals surface area (Å²) < 4.78 is 1.84. The highest BCUT2D eigenvalue weighted by Crippen LogP contribution is 2.22. The first-order chi connectivity index (χ1) is 11.8. The van der Waals surface area contributed by atoms with Crippen molar-refractivity contribution in [3.8, 4) is 5.69 Å². The highest BCUT2D eigenvalue weighted by molar-refractivity contribution is 5.97. The van der Waals surface area contributed by atoms with Crippen LogP contribution in [0.25, 0.3) is 16.7 Å². The summed E-state index contributed by atoms with van der Waals surface area (Å²) >= 11 is 0. The Hall–Kier alpha value is -3.06. The first-order valence-corrected chi connectivity index (χ1v) is 7.83. The molecule has 0 fully saturated rings. The van der Waals surface area contributed by atoms with Crippen LogP contribution in [0, 0.1) is 27.7 Å². The monoisotopic (exact) mass is 337 g/mol. The van der Waals surface area contributed by atoms with Gasteiger partial charge in [-0.1, -0.05) is 17.7 Å². The number of nitrogen functional groups attached to an aromatic ring is 1. The van der Waals surface area contributed by atoms with Gasteiger partial charge in [0.05, 0.1) is 22.3 Å². The van der Waals surface area contributed by atoms with Crippen LogP contribution in [0.2, 0.25) is 0 Å². The molecule has 0 aliphatic rings. The Morgan fingerprint density at radius 1 is 1.12 bits per heavy atom. The summed E-state index contributed by atoms with van der Waals surface area (Å²) in [6.07, 6.45) is 0. The number of carbonyl (C=O) groups is 1. The number of aryl methyl sites for hydroxylation is 4. The minimum absolute atomic E-state index is 0.255. The van der Waals surface area contributed by atoms with Gasteiger partial charge in [-0.25, -0.2) is 10.8 Å². The minimum atomic E-state index is -0.495. The van der Waals surface area contributed by atoms with Gasteiger partial charge in [-0.3, -0.25) is 19.6 Å². The van der Waals surface area contributed by atoms with Crippen LogP contribution in [0.1, 0.15) is 33.0 Å². The zero-order chi connectivity index (χ0) is 18.3. The lowest BCUT2D eigenvalue weighted by Crippen LogP contribution is -2.31. The molecule has 0 radical (unpaired) electrons. The number of hydrogen-bond donors (Lipinski definition) is 2. The third-order valence-electron chi connectivity index (χ3n) is 4.19. The maximum atomic E-state index is 12.4. The van der Waals surface area contributed by atoms with Crippen LogP contribution in [0.5, 0.6) is 0 Å². The standard InChI is InChI=1S/C18H19N5O2/c1-9-5-6-15(10(2)7-9)23-12(4)21-17(24)14-8-13(18(25)22-19)11(3)20-16(14)23/h5-8H,19H2,1-4H3,(H,22,25). The fourth-order valence-electron chi connectivity index (χ4n) is 2.98. The molecule has 0 unspecified atom stereocenters. The van der Waals surface area contributed by atoms with E-state index >= 15 is 0 Å². The molecule has 3 rings (SSSR count). The van der Waals surface area contributed by atoms with Crippen molar-refractivity contribution in [2.45, 2.75) is 27.7 Å². The lowest BCUT2D eigenvalue weighted by molar-refractivity contribution is 0.0953. The third-order valence-corrected chi connectivity index (χ3v) is 4.19. The first-order valence-electron chi connectivity index (χ1n) is 7.83. The fourth-order valence-corrected chi connectivity index (χ4v) is 2.98. The Kier molecular flexibility index (Phi) is 4.10. The number of nitrogens with one attached hydrogen (secondary N) is 1. The Labute approximate surface area is 144 Å². The van der Waals surface area contributed by atoms with E-state index in [1.165, 1.54) is 6.07 Å². The van der Waals surface area contributed by atoms with E-state index in [0.717, 1.165) is 16.8 Å². The van der Waals surface area contributed by atoms with Gasteiger partial charge >= 0.3 is 0 Å². The lowest BCUT2D eigenvalue weighted by Gasteiger charge is -2.16. The molecule has 3 aromatic rings. The van der Waals surface area contributed by atoms with Crippen LogP contribution in [0.15, 0.2) is 29.1 Å². The zero-order valence-corrected chi connectivity index (χ0v) is 14.5. The van der Waals surface area contributed by atoms with Crippen LogP contribution >= 0.6 is 0 Å². The molecule has 7 nitrogen and oxygen atoms in total. The van der Waals surface area contributed by atoms with Crippen LogP contribution in [0.4, 0.5) is 0 Å². The Morgan fingerprint density at radius 3 is 2.48 bits per heavy atom. The second-order valence-corrected chi connectivity index (χ2v) is 6.06. The molecule has 2 aromatic heterocycles. The summed E-state index contributed by atoms with van der Waals surface area (Å²) in [4.78, 5) is 32.9. The molecular weight excluding hydrogens is 318 g/mol. The second-order valence-electron chi connectivity index (χ2n) is 6.06. The SMILES string of the molecule is Cc1ccc(-n2c(C)nc(=O)c3cc(C(=O)NN)c(C)nc32)c(C)c1. The van der Waals surface area contributed by atoms with E-state index < -0.39 is 11.5 Å². The molecule has 0 aliphatic heterocycles. The molecule has 1 amide bonds. The van der Waals surface area contributed by atoms with Gasteiger partial charge in [-0.15, -0.1) is 0 Å². The Bertz CT molecular complexity index is 1070. The van der Waals surface area contributed by atoms with Gasteiger partial charge in [0, 0.05) is 0 Å². The molecule has 0 aliphatic carbocycles. The van der Waals surface area contributed by atoms with Gasteiger partial charge in [0.2, 0.25) is 0 Å². The van der Waals surface area contributed by atoms with Crippen molar-refractivity contribution in [1.29, 1.82) is 0 Å². The number of nitrogens with zero attached hydrogens (tertiary/aromatic N) is 3. The number of carbonyl (C=O) groups excluding carboxylic acids is 1. The van der Waals surface area contributed by atoms with E-state index in [4.69, 9.17) is 5.84 Å². The summed E-state index contributed by atoms with van der Waals surface area (Å²) in [5.74, 6) is 5.25. The minimum Gasteiger partial charge on any atom is -0.290 e. The molecule has 1 aromatic carbocycles. The number of fused-ring (bicyclic) bond motifs is 1. The topological polar surface area (TPSA) is 103 Å². The van der Waals surface area contributed by atoms with Crippen LogP contribution in [0.3, 0.4) is 0 Å². The Balaban J connectivity index is 2.42. The number of amides is 1. The second kappa shape index (κ2) is 6.10. The molecule has 25 heavy (non-hydrogen) atoms. The predicted molar refractivity (Wildman–Crippen MR) is 95.7 cm³/mol. The van der Waals surface area contributed by atoms with Crippen molar-refractivity contribution in [2.24, 2.45) is 5.84 Å². The first kappa shape index (κ1) is 16.8. The van der Waals surface area contributed by atoms with E-state index in [-0.39, 0.29) is 10.9 Å². The van der Waals surface area contributed by atoms with Crippen molar-refractivity contribution >= 4 is 16.9 Å². The summed E-state index contributed by atoms with van der Waals surface area (Å²) in [6, 6.07) is 7.52. The molecule has 0 atom stereocenters. The molecule has 7 heteroatoms. The normalized spacial score (nSPS) is 10.9. The molecular formula is C18H19N5O2. The lowest BCUT2D eigenvalue weighted by atomic mass is 10.1. The predicted octanol–water partition coefficient (Wildman–Crippen LogP) is 1.62. The van der Waals surface area contributed by atoms with Gasteiger partial charge in [0.25, 0.3) is 11.5 Å². The molecule has 0 saturated heterocycles. The fraction of sp³-hybridized carbons (Fsp3) is 0.222. The van der Waals surface area contributed by atoms with Crippen molar-refractivity contribution in [2.75, 3.05) is 0 Å². The molecule has 3 N–H and O–H groups in total. The van der Waals surface area contributed by atoms with E-state index in [0.29, 0.717) is 17.2 Å². The van der Waals surface area contributed by atoms with E-state index in [1.807, 2.05) is 30.5 Å². The number of hydrogen-bond acceptors (Lipinski definition) is 5. The molecule has 0 saturated carbocycles. The molecule has 128 valence electrons. The van der Waals surface area contributed by atoms with Crippen molar-refractivity contribution < 1.29 is 4.79 Å². The average molecular weight is 337 g/mol. The van der Waals surface area contributed by atoms with Gasteiger partial charge in [-0.05, 0) is 45.4 Å². The average Bonchev–Trinajstić information content (AvgIpc) is 2.55. The Morgan fingerprint density at radius 2 is 1.84 bits per heavy atom. The number of aromatic nitrogens is 3. The van der Waals surface area contributed by atoms with Gasteiger partial charge in [-0.2, -0.15) is 4.98 Å². The molecule has 0 bridgehead atoms. The molecule has 2 heterocycles. The maximum Gasteiger partial charge on any atom is 0.282 e. The number of nitrogens with two attached hydrogens (primary N) is 1. The van der Waals surface area contributed by atoms with E-state index in [9.17, 15) is 9.59 Å². The zero-order valence-electron chi connectivity index (χ0n) is 14.5. The van der Waals surface area contributed by atoms with Crippen LogP contribution in [-0.4, -0.2) is 20.4 Å². The quantitative estimate of drug-likeness (QED) is 0.420.